The zero-order valence-corrected chi connectivity index (χ0v) is 12.9. The van der Waals surface area contributed by atoms with Crippen molar-refractivity contribution in [2.75, 3.05) is 14.2 Å². The Balaban J connectivity index is 3.21. The largest absolute Gasteiger partial charge is 0.493 e. The van der Waals surface area contributed by atoms with Crippen molar-refractivity contribution in [3.8, 4) is 17.2 Å². The molecule has 0 saturated heterocycles. The van der Waals surface area contributed by atoms with Crippen molar-refractivity contribution in [3.05, 3.63) is 16.6 Å². The van der Waals surface area contributed by atoms with Gasteiger partial charge in [0.05, 0.1) is 14.2 Å². The number of halogens is 1. The van der Waals surface area contributed by atoms with E-state index < -0.39 is 12.1 Å². The molecular weight excluding hydrogens is 316 g/mol. The number of rotatable bonds is 6. The van der Waals surface area contributed by atoms with Crippen LogP contribution in [0.25, 0.3) is 0 Å². The molecule has 1 rings (SSSR count). The average molecular weight is 333 g/mol. The quantitative estimate of drug-likeness (QED) is 0.867. The molecule has 0 aliphatic carbocycles. The summed E-state index contributed by atoms with van der Waals surface area (Å²) in [4.78, 5) is 11.2. The molecule has 1 aromatic carbocycles. The first-order chi connectivity index (χ1) is 8.90. The van der Waals surface area contributed by atoms with E-state index in [9.17, 15) is 9.90 Å². The lowest BCUT2D eigenvalue weighted by molar-refractivity contribution is -0.147. The Morgan fingerprint density at radius 2 is 1.68 bits per heavy atom. The summed E-state index contributed by atoms with van der Waals surface area (Å²) in [5, 5.41) is 9.17. The Kier molecular flexibility index (Phi) is 5.47. The van der Waals surface area contributed by atoms with Crippen molar-refractivity contribution >= 4 is 21.9 Å². The topological polar surface area (TPSA) is 65.0 Å². The highest BCUT2D eigenvalue weighted by atomic mass is 79.9. The van der Waals surface area contributed by atoms with E-state index >= 15 is 0 Å². The van der Waals surface area contributed by atoms with Crippen molar-refractivity contribution in [2.45, 2.75) is 20.0 Å². The summed E-state index contributed by atoms with van der Waals surface area (Å²) in [6.07, 6.45) is -0.969. The van der Waals surface area contributed by atoms with E-state index in [1.807, 2.05) is 0 Å². The SMILES string of the molecule is COc1cc(Br)cc(OC)c1OC(C(=O)O)C(C)C. The number of carbonyl (C=O) groups is 1. The second-order valence-electron chi connectivity index (χ2n) is 4.26. The molecule has 6 heteroatoms. The summed E-state index contributed by atoms with van der Waals surface area (Å²) < 4.78 is 16.7. The van der Waals surface area contributed by atoms with Crippen LogP contribution in [-0.4, -0.2) is 31.4 Å². The lowest BCUT2D eigenvalue weighted by Gasteiger charge is -2.21. The highest BCUT2D eigenvalue weighted by Crippen LogP contribution is 2.41. The van der Waals surface area contributed by atoms with Crippen LogP contribution in [0.5, 0.6) is 17.2 Å². The highest BCUT2D eigenvalue weighted by molar-refractivity contribution is 9.10. The van der Waals surface area contributed by atoms with Gasteiger partial charge in [0.15, 0.2) is 17.6 Å². The van der Waals surface area contributed by atoms with Crippen LogP contribution in [0.1, 0.15) is 13.8 Å². The molecule has 19 heavy (non-hydrogen) atoms. The first kappa shape index (κ1) is 15.6. The van der Waals surface area contributed by atoms with Gasteiger partial charge in [-0.3, -0.25) is 0 Å². The van der Waals surface area contributed by atoms with Gasteiger partial charge in [-0.15, -0.1) is 0 Å². The molecule has 0 saturated carbocycles. The number of methoxy groups -OCH3 is 2. The van der Waals surface area contributed by atoms with Crippen LogP contribution in [0.2, 0.25) is 0 Å². The fourth-order valence-electron chi connectivity index (χ4n) is 1.56. The van der Waals surface area contributed by atoms with Crippen LogP contribution < -0.4 is 14.2 Å². The first-order valence-corrected chi connectivity index (χ1v) is 6.51. The Morgan fingerprint density at radius 3 is 2.00 bits per heavy atom. The summed E-state index contributed by atoms with van der Waals surface area (Å²) in [6, 6.07) is 3.38. The van der Waals surface area contributed by atoms with Crippen molar-refractivity contribution < 1.29 is 24.1 Å². The molecule has 5 nitrogen and oxygen atoms in total. The summed E-state index contributed by atoms with van der Waals surface area (Å²) in [5.41, 5.74) is 0. The van der Waals surface area contributed by atoms with Crippen molar-refractivity contribution in [2.24, 2.45) is 5.92 Å². The summed E-state index contributed by atoms with van der Waals surface area (Å²) in [7, 11) is 2.97. The molecule has 0 heterocycles. The van der Waals surface area contributed by atoms with Gasteiger partial charge in [0, 0.05) is 10.4 Å². The van der Waals surface area contributed by atoms with Crippen LogP contribution in [-0.2, 0) is 4.79 Å². The monoisotopic (exact) mass is 332 g/mol. The van der Waals surface area contributed by atoms with Gasteiger partial charge < -0.3 is 19.3 Å². The molecule has 0 spiro atoms. The molecule has 0 bridgehead atoms. The second kappa shape index (κ2) is 6.65. The van der Waals surface area contributed by atoms with Crippen LogP contribution >= 0.6 is 15.9 Å². The average Bonchev–Trinajstić information content (AvgIpc) is 2.34. The van der Waals surface area contributed by atoms with Gasteiger partial charge in [-0.25, -0.2) is 4.79 Å². The maximum atomic E-state index is 11.2. The van der Waals surface area contributed by atoms with Crippen molar-refractivity contribution in [1.29, 1.82) is 0 Å². The molecule has 0 fully saturated rings. The second-order valence-corrected chi connectivity index (χ2v) is 5.18. The fraction of sp³-hybridized carbons (Fsp3) is 0.462. The van der Waals surface area contributed by atoms with Crippen LogP contribution in [0, 0.1) is 5.92 Å². The van der Waals surface area contributed by atoms with E-state index in [0.29, 0.717) is 11.5 Å². The number of hydrogen-bond acceptors (Lipinski definition) is 4. The van der Waals surface area contributed by atoms with Gasteiger partial charge >= 0.3 is 5.97 Å². The molecule has 0 aliphatic rings. The molecular formula is C13H17BrO5. The third-order valence-electron chi connectivity index (χ3n) is 2.52. The molecule has 1 unspecified atom stereocenters. The van der Waals surface area contributed by atoms with E-state index in [-0.39, 0.29) is 11.7 Å². The van der Waals surface area contributed by atoms with Gasteiger partial charge in [0.25, 0.3) is 0 Å². The van der Waals surface area contributed by atoms with Crippen LogP contribution in [0.3, 0.4) is 0 Å². The van der Waals surface area contributed by atoms with E-state index in [2.05, 4.69) is 15.9 Å². The summed E-state index contributed by atoms with van der Waals surface area (Å²) in [6.45, 7) is 3.55. The molecule has 1 N–H and O–H groups in total. The van der Waals surface area contributed by atoms with Crippen molar-refractivity contribution in [1.82, 2.24) is 0 Å². The lowest BCUT2D eigenvalue weighted by Crippen LogP contribution is -2.32. The molecule has 0 radical (unpaired) electrons. The third kappa shape index (κ3) is 3.76. The number of carboxylic acids is 1. The minimum absolute atomic E-state index is 0.185. The maximum absolute atomic E-state index is 11.2. The molecule has 0 aliphatic heterocycles. The Morgan fingerprint density at radius 1 is 1.21 bits per heavy atom. The van der Waals surface area contributed by atoms with Gasteiger partial charge in [0.1, 0.15) is 0 Å². The normalized spacial score (nSPS) is 12.1. The van der Waals surface area contributed by atoms with Gasteiger partial charge in [-0.1, -0.05) is 29.8 Å². The Hall–Kier alpha value is -1.43. The highest BCUT2D eigenvalue weighted by Gasteiger charge is 2.27. The number of ether oxygens (including phenoxy) is 3. The minimum Gasteiger partial charge on any atom is -0.493 e. The number of aliphatic carboxylic acids is 1. The lowest BCUT2D eigenvalue weighted by atomic mass is 10.1. The van der Waals surface area contributed by atoms with E-state index in [4.69, 9.17) is 14.2 Å². The molecule has 1 atom stereocenters. The first-order valence-electron chi connectivity index (χ1n) is 5.71. The summed E-state index contributed by atoms with van der Waals surface area (Å²) in [5.74, 6) is -0.0943. The molecule has 0 amide bonds. The Labute approximate surface area is 120 Å². The van der Waals surface area contributed by atoms with E-state index in [1.54, 1.807) is 26.0 Å². The third-order valence-corrected chi connectivity index (χ3v) is 2.98. The molecule has 0 aromatic heterocycles. The van der Waals surface area contributed by atoms with Crippen LogP contribution in [0.4, 0.5) is 0 Å². The van der Waals surface area contributed by atoms with Gasteiger partial charge in [0.2, 0.25) is 5.75 Å². The molecule has 106 valence electrons. The fourth-order valence-corrected chi connectivity index (χ4v) is 1.98. The standard InChI is InChI=1S/C13H17BrO5/c1-7(2)11(13(15)16)19-12-9(17-3)5-8(14)6-10(12)18-4/h5-7,11H,1-4H3,(H,15,16). The zero-order valence-electron chi connectivity index (χ0n) is 11.3. The predicted octanol–water partition coefficient (Wildman–Crippen LogP) is 2.95. The summed E-state index contributed by atoms with van der Waals surface area (Å²) >= 11 is 3.32. The number of benzene rings is 1. The zero-order chi connectivity index (χ0) is 14.6. The van der Waals surface area contributed by atoms with E-state index in [1.165, 1.54) is 14.2 Å². The number of carboxylic acid groups (broad SMARTS) is 1. The molecule has 1 aromatic rings. The Bertz CT molecular complexity index is 433. The van der Waals surface area contributed by atoms with Crippen molar-refractivity contribution in [3.63, 3.8) is 0 Å². The van der Waals surface area contributed by atoms with Gasteiger partial charge in [-0.2, -0.15) is 0 Å². The van der Waals surface area contributed by atoms with Crippen LogP contribution in [0.15, 0.2) is 16.6 Å². The van der Waals surface area contributed by atoms with Gasteiger partial charge in [-0.05, 0) is 12.1 Å². The predicted molar refractivity (Wildman–Crippen MR) is 74.1 cm³/mol. The smallest absolute Gasteiger partial charge is 0.345 e. The number of hydrogen-bond donors (Lipinski definition) is 1. The maximum Gasteiger partial charge on any atom is 0.345 e. The van der Waals surface area contributed by atoms with E-state index in [0.717, 1.165) is 4.47 Å². The minimum atomic E-state index is -1.03.